The molecule has 0 radical (unpaired) electrons. The maximum Gasteiger partial charge on any atom is 0.0465 e. The van der Waals surface area contributed by atoms with Gasteiger partial charge in [0.1, 0.15) is 0 Å². The molecule has 0 saturated heterocycles. The number of rotatable bonds is 6. The van der Waals surface area contributed by atoms with E-state index in [0.29, 0.717) is 5.92 Å². The maximum atomic E-state index is 2.59. The van der Waals surface area contributed by atoms with Gasteiger partial charge in [0.05, 0.1) is 0 Å². The highest BCUT2D eigenvalue weighted by Crippen LogP contribution is 2.54. The van der Waals surface area contributed by atoms with Gasteiger partial charge in [0.15, 0.2) is 0 Å². The van der Waals surface area contributed by atoms with Crippen molar-refractivity contribution in [2.45, 2.75) is 44.9 Å². The number of fused-ring (bicyclic) bond motifs is 5. The SMILES string of the molecule is CC1(C)c2cc(C3=CC=C4C(C3)C3=C(CCC3)N4c3ccc(-c4ccccc4)cc3)ccc2-c2ccc(N(c3ccccc3)c3ccccc3)cc21. The number of hydrogen-bond acceptors (Lipinski definition) is 2. The first-order chi connectivity index (χ1) is 25.5. The number of benzene rings is 6. The Morgan fingerprint density at radius 2 is 1.15 bits per heavy atom. The molecular formula is C50H42N2. The lowest BCUT2D eigenvalue weighted by atomic mass is 9.79. The van der Waals surface area contributed by atoms with Gasteiger partial charge < -0.3 is 9.80 Å². The van der Waals surface area contributed by atoms with Crippen LogP contribution in [0.4, 0.5) is 22.7 Å². The van der Waals surface area contributed by atoms with E-state index >= 15 is 0 Å². The highest BCUT2D eigenvalue weighted by atomic mass is 15.2. The van der Waals surface area contributed by atoms with E-state index in [4.69, 9.17) is 0 Å². The van der Waals surface area contributed by atoms with Crippen LogP contribution >= 0.6 is 0 Å². The van der Waals surface area contributed by atoms with E-state index in [0.717, 1.165) is 24.2 Å². The van der Waals surface area contributed by atoms with E-state index in [1.807, 2.05) is 0 Å². The van der Waals surface area contributed by atoms with Crippen LogP contribution in [0.5, 0.6) is 0 Å². The minimum absolute atomic E-state index is 0.122. The normalized spacial score (nSPS) is 18.0. The van der Waals surface area contributed by atoms with Crippen LogP contribution in [0.25, 0.3) is 27.8 Å². The van der Waals surface area contributed by atoms with Gasteiger partial charge >= 0.3 is 0 Å². The Labute approximate surface area is 307 Å². The van der Waals surface area contributed by atoms with Gasteiger partial charge in [-0.25, -0.2) is 0 Å². The molecule has 6 aromatic carbocycles. The van der Waals surface area contributed by atoms with E-state index in [-0.39, 0.29) is 5.41 Å². The van der Waals surface area contributed by atoms with Crippen molar-refractivity contribution < 1.29 is 0 Å². The number of nitrogens with zero attached hydrogens (tertiary/aromatic N) is 2. The molecule has 0 amide bonds. The van der Waals surface area contributed by atoms with Gasteiger partial charge in [-0.1, -0.05) is 117 Å². The summed E-state index contributed by atoms with van der Waals surface area (Å²) in [6.07, 6.45) is 9.52. The lowest BCUT2D eigenvalue weighted by Crippen LogP contribution is -2.21. The highest BCUT2D eigenvalue weighted by Gasteiger charge is 2.41. The van der Waals surface area contributed by atoms with Crippen molar-refractivity contribution in [2.24, 2.45) is 5.92 Å². The third-order valence-electron chi connectivity index (χ3n) is 12.0. The number of para-hydroxylation sites is 2. The van der Waals surface area contributed by atoms with Crippen LogP contribution in [-0.4, -0.2) is 0 Å². The van der Waals surface area contributed by atoms with E-state index in [1.165, 1.54) is 74.4 Å². The Hall–Kier alpha value is -5.86. The summed E-state index contributed by atoms with van der Waals surface area (Å²) in [5, 5.41) is 0. The van der Waals surface area contributed by atoms with E-state index in [1.54, 1.807) is 11.3 Å². The fourth-order valence-electron chi connectivity index (χ4n) is 9.38. The van der Waals surface area contributed by atoms with Crippen LogP contribution in [0.3, 0.4) is 0 Å². The van der Waals surface area contributed by atoms with Gasteiger partial charge in [0.2, 0.25) is 0 Å². The summed E-state index contributed by atoms with van der Waals surface area (Å²) >= 11 is 0. The molecule has 4 aliphatic rings. The third kappa shape index (κ3) is 4.93. The molecule has 6 aromatic rings. The molecule has 1 aliphatic heterocycles. The molecule has 1 heterocycles. The summed E-state index contributed by atoms with van der Waals surface area (Å²) in [5.41, 5.74) is 20.2. The average molecular weight is 671 g/mol. The fourth-order valence-corrected chi connectivity index (χ4v) is 9.38. The predicted molar refractivity (Wildman–Crippen MR) is 218 cm³/mol. The lowest BCUT2D eigenvalue weighted by molar-refractivity contribution is 0.659. The molecule has 1 atom stereocenters. The van der Waals surface area contributed by atoms with Crippen molar-refractivity contribution in [1.82, 2.24) is 0 Å². The zero-order valence-corrected chi connectivity index (χ0v) is 29.9. The summed E-state index contributed by atoms with van der Waals surface area (Å²) in [4.78, 5) is 4.96. The first-order valence-electron chi connectivity index (χ1n) is 18.8. The zero-order chi connectivity index (χ0) is 34.8. The lowest BCUT2D eigenvalue weighted by Gasteiger charge is -2.30. The van der Waals surface area contributed by atoms with Crippen molar-refractivity contribution in [2.75, 3.05) is 9.80 Å². The molecular weight excluding hydrogens is 629 g/mol. The molecule has 52 heavy (non-hydrogen) atoms. The maximum absolute atomic E-state index is 2.59. The third-order valence-corrected chi connectivity index (χ3v) is 12.0. The summed E-state index contributed by atoms with van der Waals surface area (Å²) < 4.78 is 0. The largest absolute Gasteiger partial charge is 0.317 e. The topological polar surface area (TPSA) is 6.48 Å². The van der Waals surface area contributed by atoms with Crippen molar-refractivity contribution >= 4 is 28.3 Å². The van der Waals surface area contributed by atoms with Crippen LogP contribution in [0.1, 0.15) is 56.2 Å². The molecule has 1 unspecified atom stereocenters. The monoisotopic (exact) mass is 670 g/mol. The van der Waals surface area contributed by atoms with Crippen molar-refractivity contribution in [1.29, 1.82) is 0 Å². The summed E-state index contributed by atoms with van der Waals surface area (Å²) in [5.74, 6) is 0.453. The van der Waals surface area contributed by atoms with Crippen molar-refractivity contribution in [3.05, 3.63) is 197 Å². The second-order valence-corrected chi connectivity index (χ2v) is 15.2. The fraction of sp³-hybridized carbons (Fsp3) is 0.160. The number of anilines is 4. The molecule has 0 spiro atoms. The zero-order valence-electron chi connectivity index (χ0n) is 29.9. The molecule has 2 nitrogen and oxygen atoms in total. The van der Waals surface area contributed by atoms with Crippen LogP contribution < -0.4 is 9.80 Å². The Bertz CT molecular complexity index is 2380. The molecule has 3 aliphatic carbocycles. The number of hydrogen-bond donors (Lipinski definition) is 0. The van der Waals surface area contributed by atoms with Gasteiger partial charge in [-0.2, -0.15) is 0 Å². The summed E-state index contributed by atoms with van der Waals surface area (Å²) in [6, 6.07) is 55.7. The summed E-state index contributed by atoms with van der Waals surface area (Å²) in [6.45, 7) is 4.81. The van der Waals surface area contributed by atoms with E-state index < -0.39 is 0 Å². The molecule has 0 N–H and O–H groups in total. The van der Waals surface area contributed by atoms with Gasteiger partial charge in [-0.3, -0.25) is 0 Å². The predicted octanol–water partition coefficient (Wildman–Crippen LogP) is 13.4. The van der Waals surface area contributed by atoms with E-state index in [9.17, 15) is 0 Å². The van der Waals surface area contributed by atoms with Gasteiger partial charge in [-0.15, -0.1) is 0 Å². The first kappa shape index (κ1) is 30.9. The van der Waals surface area contributed by atoms with Crippen molar-refractivity contribution in [3.63, 3.8) is 0 Å². The molecule has 252 valence electrons. The standard InChI is InChI=1S/C50H42N2/c1-50(2)46-32-37(23-28-42(46)43-29-27-41(33-47(43)50)51(38-15-8-4-9-16-38)39-17-10-5-11-18-39)36-24-30-49-45(31-36)44-19-12-20-48(44)52(49)40-25-21-35(22-26-40)34-13-6-3-7-14-34/h3-11,13-18,21-30,32-33,45H,12,19-20,31H2,1-2H3. The van der Waals surface area contributed by atoms with Crippen molar-refractivity contribution in [3.8, 4) is 22.3 Å². The Morgan fingerprint density at radius 1 is 0.558 bits per heavy atom. The smallest absolute Gasteiger partial charge is 0.0465 e. The molecule has 0 aromatic heterocycles. The van der Waals surface area contributed by atoms with Crippen LogP contribution in [0.15, 0.2) is 181 Å². The average Bonchev–Trinajstić information content (AvgIpc) is 3.86. The minimum Gasteiger partial charge on any atom is -0.317 e. The minimum atomic E-state index is -0.122. The molecule has 0 fully saturated rings. The Morgan fingerprint density at radius 3 is 1.85 bits per heavy atom. The molecule has 0 saturated carbocycles. The number of allylic oxidation sites excluding steroid dienone is 5. The van der Waals surface area contributed by atoms with Crippen LogP contribution in [0.2, 0.25) is 0 Å². The second-order valence-electron chi connectivity index (χ2n) is 15.2. The Balaban J connectivity index is 0.978. The first-order valence-corrected chi connectivity index (χ1v) is 18.8. The van der Waals surface area contributed by atoms with Gasteiger partial charge in [0.25, 0.3) is 0 Å². The van der Waals surface area contributed by atoms with Gasteiger partial charge in [0, 0.05) is 45.5 Å². The molecule has 0 bridgehead atoms. The Kier molecular flexibility index (Phi) is 7.21. The van der Waals surface area contributed by atoms with E-state index in [2.05, 4.69) is 187 Å². The van der Waals surface area contributed by atoms with Gasteiger partial charge in [-0.05, 0) is 136 Å². The quantitative estimate of drug-likeness (QED) is 0.174. The molecule has 2 heteroatoms. The summed E-state index contributed by atoms with van der Waals surface area (Å²) in [7, 11) is 0. The van der Waals surface area contributed by atoms with Crippen LogP contribution in [-0.2, 0) is 5.41 Å². The molecule has 10 rings (SSSR count). The second kappa shape index (κ2) is 12.1. The highest BCUT2D eigenvalue weighted by molar-refractivity contribution is 5.87. The van der Waals surface area contributed by atoms with Crippen LogP contribution in [0, 0.1) is 5.92 Å².